The molecule has 35 heavy (non-hydrogen) atoms. The van der Waals surface area contributed by atoms with Crippen LogP contribution in [0.4, 0.5) is 5.69 Å². The average Bonchev–Trinajstić information content (AvgIpc) is 2.80. The lowest BCUT2D eigenvalue weighted by Gasteiger charge is -2.31. The number of nitrogens with one attached hydrogen (secondary N) is 1. The van der Waals surface area contributed by atoms with Crippen LogP contribution in [0.5, 0.6) is 5.75 Å². The molecule has 0 aliphatic heterocycles. The number of anilines is 1. The molecule has 0 radical (unpaired) electrons. The van der Waals surface area contributed by atoms with E-state index >= 15 is 0 Å². The zero-order valence-corrected chi connectivity index (χ0v) is 21.7. The van der Waals surface area contributed by atoms with Gasteiger partial charge in [-0.25, -0.2) is 13.4 Å². The Balaban J connectivity index is 1.76. The van der Waals surface area contributed by atoms with Gasteiger partial charge in [0, 0.05) is 36.2 Å². The smallest absolute Gasteiger partial charge is 0.179 e. The van der Waals surface area contributed by atoms with Crippen LogP contribution in [0, 0.1) is 5.92 Å². The van der Waals surface area contributed by atoms with E-state index in [0.717, 1.165) is 32.2 Å². The Morgan fingerprint density at radius 2 is 1.89 bits per heavy atom. The number of hydrogen-bond acceptors (Lipinski definition) is 8. The largest absolute Gasteiger partial charge is 0.506 e. The number of nitrogens with zero attached hydrogens (tertiary/aromatic N) is 3. The van der Waals surface area contributed by atoms with Gasteiger partial charge in [-0.1, -0.05) is 11.6 Å². The molecule has 4 rings (SSSR count). The number of aromatic nitrogens is 2. The van der Waals surface area contributed by atoms with Gasteiger partial charge in [0.25, 0.3) is 0 Å². The van der Waals surface area contributed by atoms with Crippen LogP contribution in [0.25, 0.3) is 22.3 Å². The van der Waals surface area contributed by atoms with Crippen molar-refractivity contribution >= 4 is 38.2 Å². The number of sulfone groups is 1. The number of hydrogen-bond donors (Lipinski definition) is 3. The number of aliphatic hydroxyl groups excluding tert-OH is 1. The van der Waals surface area contributed by atoms with E-state index in [1.165, 1.54) is 12.5 Å². The van der Waals surface area contributed by atoms with Gasteiger partial charge in [0.05, 0.1) is 28.5 Å². The molecule has 1 aromatic carbocycles. The third-order valence-electron chi connectivity index (χ3n) is 6.50. The fraction of sp³-hybridized carbons (Fsp3) is 0.440. The highest BCUT2D eigenvalue weighted by molar-refractivity contribution is 7.90. The summed E-state index contributed by atoms with van der Waals surface area (Å²) in [6.45, 7) is 0.672. The van der Waals surface area contributed by atoms with Crippen molar-refractivity contribution in [2.45, 2.75) is 43.2 Å². The maximum absolute atomic E-state index is 12.6. The molecule has 0 amide bonds. The highest BCUT2D eigenvalue weighted by atomic mass is 35.5. The second-order valence-electron chi connectivity index (χ2n) is 9.58. The van der Waals surface area contributed by atoms with Crippen molar-refractivity contribution in [3.8, 4) is 17.0 Å². The number of rotatable bonds is 7. The summed E-state index contributed by atoms with van der Waals surface area (Å²) in [5.74, 6) is 0.461. The van der Waals surface area contributed by atoms with Gasteiger partial charge in [0.2, 0.25) is 0 Å². The predicted molar refractivity (Wildman–Crippen MR) is 139 cm³/mol. The van der Waals surface area contributed by atoms with E-state index < -0.39 is 9.84 Å². The Morgan fingerprint density at radius 1 is 1.17 bits per heavy atom. The van der Waals surface area contributed by atoms with Crippen molar-refractivity contribution in [1.82, 2.24) is 14.9 Å². The zero-order chi connectivity index (χ0) is 25.3. The molecule has 3 N–H and O–H groups in total. The summed E-state index contributed by atoms with van der Waals surface area (Å²) in [6.07, 6.45) is 6.59. The molecule has 0 saturated heterocycles. The monoisotopic (exact) mass is 518 g/mol. The highest BCUT2D eigenvalue weighted by Gasteiger charge is 2.25. The van der Waals surface area contributed by atoms with Gasteiger partial charge < -0.3 is 20.4 Å². The van der Waals surface area contributed by atoms with Crippen LogP contribution in [0.3, 0.4) is 0 Å². The van der Waals surface area contributed by atoms with Crippen molar-refractivity contribution in [2.75, 3.05) is 32.2 Å². The molecule has 1 aliphatic rings. The Hall–Kier alpha value is -2.46. The molecular weight excluding hydrogens is 488 g/mol. The molecular formula is C25H31ClN4O4S. The van der Waals surface area contributed by atoms with Crippen molar-refractivity contribution in [1.29, 1.82) is 0 Å². The van der Waals surface area contributed by atoms with E-state index in [-0.39, 0.29) is 33.9 Å². The first kappa shape index (κ1) is 25.6. The lowest BCUT2D eigenvalue weighted by molar-refractivity contribution is 0.255. The van der Waals surface area contributed by atoms with E-state index in [1.54, 1.807) is 24.3 Å². The number of fused-ring (bicyclic) bond motifs is 1. The van der Waals surface area contributed by atoms with Crippen LogP contribution < -0.4 is 5.32 Å². The standard InChI is InChI=1S/C25H31ClN4O4S/c1-30(2)13-15-4-6-18(7-5-15)28-24-22(35(3,33)34)12-27-21-9-8-20(29-23(21)24)16-10-17(14-31)25(32)19(26)11-16/h8-12,15,18,31-32H,4-7,13-14H2,1-3H3,(H,27,28)/t15-,18-. The van der Waals surface area contributed by atoms with E-state index in [4.69, 9.17) is 16.6 Å². The number of aromatic hydroxyl groups is 1. The van der Waals surface area contributed by atoms with Crippen molar-refractivity contribution < 1.29 is 18.6 Å². The van der Waals surface area contributed by atoms with Crippen molar-refractivity contribution in [2.24, 2.45) is 5.92 Å². The molecule has 2 aromatic heterocycles. The molecule has 1 fully saturated rings. The molecule has 1 saturated carbocycles. The molecule has 8 nitrogen and oxygen atoms in total. The molecule has 10 heteroatoms. The van der Waals surface area contributed by atoms with Gasteiger partial charge in [0.15, 0.2) is 9.84 Å². The van der Waals surface area contributed by atoms with Gasteiger partial charge in [-0.2, -0.15) is 0 Å². The van der Waals surface area contributed by atoms with Crippen molar-refractivity contribution in [3.63, 3.8) is 0 Å². The molecule has 0 atom stereocenters. The summed E-state index contributed by atoms with van der Waals surface area (Å²) < 4.78 is 25.3. The van der Waals surface area contributed by atoms with Crippen LogP contribution in [-0.4, -0.2) is 66.4 Å². The highest BCUT2D eigenvalue weighted by Crippen LogP contribution is 2.36. The number of pyridine rings is 2. The van der Waals surface area contributed by atoms with Gasteiger partial charge >= 0.3 is 0 Å². The molecule has 0 spiro atoms. The lowest BCUT2D eigenvalue weighted by Crippen LogP contribution is -2.31. The van der Waals surface area contributed by atoms with E-state index in [0.29, 0.717) is 33.9 Å². The number of phenols is 1. The Kier molecular flexibility index (Phi) is 7.51. The summed E-state index contributed by atoms with van der Waals surface area (Å²) in [7, 11) is 0.605. The van der Waals surface area contributed by atoms with E-state index in [2.05, 4.69) is 29.3 Å². The summed E-state index contributed by atoms with van der Waals surface area (Å²) in [6, 6.07) is 6.85. The lowest BCUT2D eigenvalue weighted by atomic mass is 9.85. The Labute approximate surface area is 210 Å². The van der Waals surface area contributed by atoms with Gasteiger partial charge in [0.1, 0.15) is 16.2 Å². The molecule has 0 bridgehead atoms. The van der Waals surface area contributed by atoms with Gasteiger partial charge in [-0.05, 0) is 70.0 Å². The fourth-order valence-electron chi connectivity index (χ4n) is 4.77. The fourth-order valence-corrected chi connectivity index (χ4v) is 5.77. The zero-order valence-electron chi connectivity index (χ0n) is 20.1. The predicted octanol–water partition coefficient (Wildman–Crippen LogP) is 4.08. The van der Waals surface area contributed by atoms with Crippen LogP contribution >= 0.6 is 11.6 Å². The first-order valence-electron chi connectivity index (χ1n) is 11.6. The number of halogens is 1. The summed E-state index contributed by atoms with van der Waals surface area (Å²) in [5, 5.41) is 23.2. The van der Waals surface area contributed by atoms with Crippen LogP contribution in [0.1, 0.15) is 31.2 Å². The SMILES string of the molecule is CN(C)C[C@H]1CC[C@H](Nc2c(S(C)(=O)=O)cnc3ccc(-c4cc(Cl)c(O)c(CO)c4)nc23)CC1. The van der Waals surface area contributed by atoms with E-state index in [9.17, 15) is 18.6 Å². The molecule has 1 aliphatic carbocycles. The normalized spacial score (nSPS) is 18.8. The molecule has 0 unspecified atom stereocenters. The van der Waals surface area contributed by atoms with Gasteiger partial charge in [-0.3, -0.25) is 4.98 Å². The summed E-state index contributed by atoms with van der Waals surface area (Å²) in [4.78, 5) is 11.4. The van der Waals surface area contributed by atoms with Crippen LogP contribution in [0.2, 0.25) is 5.02 Å². The van der Waals surface area contributed by atoms with E-state index in [1.807, 2.05) is 0 Å². The maximum atomic E-state index is 12.6. The first-order valence-corrected chi connectivity index (χ1v) is 13.9. The van der Waals surface area contributed by atoms with Crippen molar-refractivity contribution in [3.05, 3.63) is 41.0 Å². The minimum atomic E-state index is -3.56. The number of benzene rings is 1. The summed E-state index contributed by atoms with van der Waals surface area (Å²) in [5.41, 5.74) is 2.89. The third-order valence-corrected chi connectivity index (χ3v) is 7.90. The second kappa shape index (κ2) is 10.3. The Bertz CT molecular complexity index is 1340. The Morgan fingerprint density at radius 3 is 2.51 bits per heavy atom. The average molecular weight is 519 g/mol. The molecule has 188 valence electrons. The minimum Gasteiger partial charge on any atom is -0.506 e. The summed E-state index contributed by atoms with van der Waals surface area (Å²) >= 11 is 6.16. The van der Waals surface area contributed by atoms with Gasteiger partial charge in [-0.15, -0.1) is 0 Å². The minimum absolute atomic E-state index is 0.101. The molecule has 2 heterocycles. The molecule has 3 aromatic rings. The first-order chi connectivity index (χ1) is 16.6. The topological polar surface area (TPSA) is 116 Å². The van der Waals surface area contributed by atoms with Crippen LogP contribution in [0.15, 0.2) is 35.4 Å². The number of aliphatic hydroxyl groups is 1. The maximum Gasteiger partial charge on any atom is 0.179 e. The third kappa shape index (κ3) is 5.69. The quantitative estimate of drug-likeness (QED) is 0.428. The second-order valence-corrected chi connectivity index (χ2v) is 12.0. The van der Waals surface area contributed by atoms with Crippen LogP contribution in [-0.2, 0) is 16.4 Å².